The van der Waals surface area contributed by atoms with Crippen molar-refractivity contribution in [2.75, 3.05) is 33.7 Å². The van der Waals surface area contributed by atoms with Crippen LogP contribution in [0.5, 0.6) is 0 Å². The van der Waals surface area contributed by atoms with Gasteiger partial charge in [0.15, 0.2) is 0 Å². The molecule has 0 radical (unpaired) electrons. The van der Waals surface area contributed by atoms with Crippen molar-refractivity contribution < 1.29 is 38.7 Å². The van der Waals surface area contributed by atoms with Gasteiger partial charge >= 0.3 is 5.97 Å². The number of rotatable bonds is 8. The molecule has 11 atom stereocenters. The minimum Gasteiger partial charge on any atom is -0.455 e. The number of para-hydroxylation sites is 1. The molecule has 2 aliphatic heterocycles. The van der Waals surface area contributed by atoms with Crippen LogP contribution >= 0.6 is 0 Å². The number of amides is 1. The summed E-state index contributed by atoms with van der Waals surface area (Å²) in [4.78, 5) is 29.6. The van der Waals surface area contributed by atoms with Gasteiger partial charge < -0.3 is 34.5 Å². The van der Waals surface area contributed by atoms with Gasteiger partial charge in [-0.1, -0.05) is 31.2 Å². The largest absolute Gasteiger partial charge is 0.455 e. The minimum atomic E-state index is -1.53. The van der Waals surface area contributed by atoms with Gasteiger partial charge in [0, 0.05) is 57.1 Å². The van der Waals surface area contributed by atoms with Crippen molar-refractivity contribution in [3.63, 3.8) is 0 Å². The van der Waals surface area contributed by atoms with Crippen LogP contribution in [-0.2, 0) is 25.4 Å². The molecule has 2 heterocycles. The summed E-state index contributed by atoms with van der Waals surface area (Å²) in [5.41, 5.74) is -2.44. The summed E-state index contributed by atoms with van der Waals surface area (Å²) in [5, 5.41) is 28.4. The third-order valence-electron chi connectivity index (χ3n) is 13.1. The molecule has 2 saturated heterocycles. The maximum absolute atomic E-state index is 14.2. The lowest BCUT2D eigenvalue weighted by Gasteiger charge is -2.66. The van der Waals surface area contributed by atoms with Gasteiger partial charge in [-0.15, -0.1) is 0 Å². The second-order valence-corrected chi connectivity index (χ2v) is 14.7. The molecule has 254 valence electrons. The predicted octanol–water partition coefficient (Wildman–Crippen LogP) is 3.83. The van der Waals surface area contributed by atoms with Gasteiger partial charge in [0.1, 0.15) is 16.8 Å². The molecule has 3 saturated carbocycles. The average Bonchev–Trinajstić information content (AvgIpc) is 3.52. The first-order valence-electron chi connectivity index (χ1n) is 16.9. The van der Waals surface area contributed by atoms with Crippen molar-refractivity contribution in [2.45, 2.75) is 99.1 Å². The lowest BCUT2D eigenvalue weighted by atomic mass is 9.53. The fourth-order valence-corrected chi connectivity index (χ4v) is 11.1. The molecule has 4 bridgehead atoms. The van der Waals surface area contributed by atoms with Crippen molar-refractivity contribution in [3.05, 3.63) is 65.2 Å². The van der Waals surface area contributed by atoms with Crippen LogP contribution < -0.4 is 5.32 Å². The summed E-state index contributed by atoms with van der Waals surface area (Å²) in [7, 11) is 6.99. The Morgan fingerprint density at radius 2 is 1.70 bits per heavy atom. The zero-order valence-corrected chi connectivity index (χ0v) is 28.2. The topological polar surface area (TPSA) is 127 Å². The number of ether oxygens (including phenoxy) is 4. The first-order valence-corrected chi connectivity index (χ1v) is 16.9. The number of nitrogens with zero attached hydrogens (tertiary/aromatic N) is 1. The summed E-state index contributed by atoms with van der Waals surface area (Å²) in [6.07, 6.45) is 2.26. The van der Waals surface area contributed by atoms with Crippen LogP contribution in [0, 0.1) is 17.8 Å². The first-order chi connectivity index (χ1) is 22.4. The van der Waals surface area contributed by atoms with E-state index in [4.69, 9.17) is 18.9 Å². The number of hydrogen-bond donors (Lipinski definition) is 3. The number of aliphatic hydroxyl groups is 2. The third-order valence-corrected chi connectivity index (χ3v) is 13.1. The van der Waals surface area contributed by atoms with Gasteiger partial charge in [-0.2, -0.15) is 0 Å². The molecular formula is C37H48N2O8. The molecule has 47 heavy (non-hydrogen) atoms. The number of esters is 1. The summed E-state index contributed by atoms with van der Waals surface area (Å²) in [6.45, 7) is 4.04. The third kappa shape index (κ3) is 4.25. The van der Waals surface area contributed by atoms with E-state index in [-0.39, 0.29) is 35.5 Å². The smallest absolute Gasteiger partial charge is 0.340 e. The van der Waals surface area contributed by atoms with Crippen LogP contribution in [0.3, 0.4) is 0 Å². The van der Waals surface area contributed by atoms with Crippen LogP contribution in [0.1, 0.15) is 72.2 Å². The molecule has 7 rings (SSSR count). The van der Waals surface area contributed by atoms with Gasteiger partial charge in [0.2, 0.25) is 0 Å². The number of carbonyl (C=O) groups is 2. The highest BCUT2D eigenvalue weighted by atomic mass is 16.6. The summed E-state index contributed by atoms with van der Waals surface area (Å²) in [5.74, 6) is -1.62. The van der Waals surface area contributed by atoms with Crippen LogP contribution in [0.4, 0.5) is 5.69 Å². The number of methoxy groups -OCH3 is 3. The van der Waals surface area contributed by atoms with Crippen LogP contribution in [-0.4, -0.2) is 102 Å². The Morgan fingerprint density at radius 3 is 2.36 bits per heavy atom. The molecule has 2 aromatic rings. The average molecular weight is 649 g/mol. The van der Waals surface area contributed by atoms with E-state index in [1.165, 1.54) is 0 Å². The molecule has 3 aliphatic carbocycles. The van der Waals surface area contributed by atoms with Crippen LogP contribution in [0.25, 0.3) is 0 Å². The van der Waals surface area contributed by atoms with Gasteiger partial charge in [-0.3, -0.25) is 9.69 Å². The highest BCUT2D eigenvalue weighted by molar-refractivity contribution is 6.08. The molecule has 5 aliphatic rings. The van der Waals surface area contributed by atoms with E-state index in [1.807, 2.05) is 26.1 Å². The molecule has 5 fully saturated rings. The Morgan fingerprint density at radius 1 is 0.979 bits per heavy atom. The Hall–Kier alpha value is -2.86. The van der Waals surface area contributed by atoms with E-state index in [0.717, 1.165) is 12.0 Å². The van der Waals surface area contributed by atoms with Crippen LogP contribution in [0.2, 0.25) is 0 Å². The van der Waals surface area contributed by atoms with Gasteiger partial charge in [0.05, 0.1) is 35.1 Å². The van der Waals surface area contributed by atoms with Crippen molar-refractivity contribution in [2.24, 2.45) is 17.8 Å². The molecule has 3 N–H and O–H groups in total. The van der Waals surface area contributed by atoms with E-state index in [1.54, 1.807) is 57.7 Å². The maximum atomic E-state index is 14.2. The van der Waals surface area contributed by atoms with Gasteiger partial charge in [-0.05, 0) is 75.9 Å². The van der Waals surface area contributed by atoms with Crippen LogP contribution in [0.15, 0.2) is 48.5 Å². The van der Waals surface area contributed by atoms with Crippen molar-refractivity contribution in [1.29, 1.82) is 0 Å². The van der Waals surface area contributed by atoms with E-state index >= 15 is 0 Å². The molecule has 10 nitrogen and oxygen atoms in total. The molecular weight excluding hydrogens is 600 g/mol. The molecule has 4 unspecified atom stereocenters. The minimum absolute atomic E-state index is 0.107. The van der Waals surface area contributed by atoms with Crippen molar-refractivity contribution in [3.8, 4) is 0 Å². The van der Waals surface area contributed by atoms with Crippen molar-refractivity contribution >= 4 is 17.6 Å². The number of piperidine rings is 1. The molecule has 1 spiro atoms. The fourth-order valence-electron chi connectivity index (χ4n) is 11.1. The number of anilines is 1. The van der Waals surface area contributed by atoms with Gasteiger partial charge in [0.25, 0.3) is 5.91 Å². The number of benzene rings is 2. The predicted molar refractivity (Wildman–Crippen MR) is 174 cm³/mol. The Bertz CT molecular complexity index is 1550. The van der Waals surface area contributed by atoms with Crippen molar-refractivity contribution in [1.82, 2.24) is 4.90 Å². The second-order valence-electron chi connectivity index (χ2n) is 14.7. The SMILES string of the molecule is CCc1ccc(C(=O)Nc2ccccc2C(=O)O[C@@]2(C)CC[C@H](OC)C34C2CC(N3C)[C@@]2(O)C[C@H](OC)[C@H]3CC4[C@]2(O)[C@H]3OC)cc1. The van der Waals surface area contributed by atoms with E-state index < -0.39 is 46.4 Å². The van der Waals surface area contributed by atoms with E-state index in [0.29, 0.717) is 43.4 Å². The first kappa shape index (κ1) is 32.7. The van der Waals surface area contributed by atoms with E-state index in [2.05, 4.69) is 17.1 Å². The number of nitrogens with one attached hydrogen (secondary N) is 1. The highest BCUT2D eigenvalue weighted by Gasteiger charge is 2.86. The molecule has 10 heteroatoms. The number of hydrogen-bond acceptors (Lipinski definition) is 9. The summed E-state index contributed by atoms with van der Waals surface area (Å²) in [6, 6.07) is 13.9. The zero-order valence-electron chi connectivity index (χ0n) is 28.2. The molecule has 1 amide bonds. The molecule has 2 aromatic carbocycles. The monoisotopic (exact) mass is 648 g/mol. The molecule has 0 aromatic heterocycles. The quantitative estimate of drug-likeness (QED) is 0.366. The lowest BCUT2D eigenvalue weighted by molar-refractivity contribution is -0.318. The second kappa shape index (κ2) is 11.4. The Balaban J connectivity index is 1.23. The number of aryl methyl sites for hydroxylation is 1. The Kier molecular flexibility index (Phi) is 7.89. The fraction of sp³-hybridized carbons (Fsp3) is 0.622. The Labute approximate surface area is 276 Å². The maximum Gasteiger partial charge on any atom is 0.340 e. The number of carbonyl (C=O) groups excluding carboxylic acids is 2. The number of likely N-dealkylation sites (N-methyl/N-ethyl adjacent to an activating group) is 1. The summed E-state index contributed by atoms with van der Waals surface area (Å²) >= 11 is 0. The van der Waals surface area contributed by atoms with E-state index in [9.17, 15) is 19.8 Å². The standard InChI is InChI=1S/C37H48N2O8/c1-7-21-12-14-22(15-13-21)32(40)38-25-11-9-8-10-23(25)33(41)47-34(2)17-16-30(45-5)36-27(34)19-29(39(36)3)35(42)20-26(44-4)24-18-28(36)37(35,43)31(24)46-6/h8-15,24,26-31,42-43H,7,16-20H2,1-6H3,(H,38,40)/t24-,26+,27?,28?,29?,30+,31+,34+,35+,36?,37+/m1/s1. The summed E-state index contributed by atoms with van der Waals surface area (Å²) < 4.78 is 24.8. The number of fused-ring (bicyclic) bond motifs is 3. The van der Waals surface area contributed by atoms with Gasteiger partial charge in [-0.25, -0.2) is 4.79 Å². The zero-order chi connectivity index (χ0) is 33.5. The highest BCUT2D eigenvalue weighted by Crippen LogP contribution is 2.72. The lowest BCUT2D eigenvalue weighted by Crippen LogP contribution is -2.83. The normalized spacial score (nSPS) is 41.7.